The van der Waals surface area contributed by atoms with Crippen LogP contribution in [0.2, 0.25) is 0 Å². The molecule has 0 aromatic heterocycles. The van der Waals surface area contributed by atoms with Gasteiger partial charge in [0.05, 0.1) is 6.21 Å². The Hall–Kier alpha value is -1.42. The maximum atomic E-state index is 11.3. The van der Waals surface area contributed by atoms with Crippen molar-refractivity contribution in [1.82, 2.24) is 5.43 Å². The van der Waals surface area contributed by atoms with Gasteiger partial charge >= 0.3 is 0 Å². The lowest BCUT2D eigenvalue weighted by Gasteiger charge is -1.95. The van der Waals surface area contributed by atoms with Crippen LogP contribution < -0.4 is 5.43 Å². The van der Waals surface area contributed by atoms with Crippen molar-refractivity contribution in [3.63, 3.8) is 0 Å². The van der Waals surface area contributed by atoms with E-state index in [9.17, 15) is 4.79 Å². The zero-order valence-corrected chi connectivity index (χ0v) is 10.9. The van der Waals surface area contributed by atoms with Gasteiger partial charge in [0.2, 0.25) is 5.91 Å². The Bertz CT molecular complexity index is 450. The standard InChI is InChI=1S/C13H13BrN2O/c14-12(8-10-4-2-1-3-5-10)9-15-16-13(17)11-6-7-11/h1-5,8-9,11H,6-7H2,(H,16,17)/b12-8-,15-9+. The molecule has 1 saturated carbocycles. The fourth-order valence-electron chi connectivity index (χ4n) is 1.34. The van der Waals surface area contributed by atoms with E-state index >= 15 is 0 Å². The topological polar surface area (TPSA) is 41.5 Å². The summed E-state index contributed by atoms with van der Waals surface area (Å²) in [5.41, 5.74) is 3.60. The van der Waals surface area contributed by atoms with E-state index in [0.29, 0.717) is 0 Å². The normalized spacial score (nSPS) is 16.2. The van der Waals surface area contributed by atoms with Crippen molar-refractivity contribution in [2.45, 2.75) is 12.8 Å². The van der Waals surface area contributed by atoms with Crippen LogP contribution in [0.5, 0.6) is 0 Å². The third-order valence-electron chi connectivity index (χ3n) is 2.41. The van der Waals surface area contributed by atoms with Gasteiger partial charge in [-0.3, -0.25) is 4.79 Å². The third-order valence-corrected chi connectivity index (χ3v) is 2.85. The fraction of sp³-hybridized carbons (Fsp3) is 0.231. The number of nitrogens with zero attached hydrogens (tertiary/aromatic N) is 1. The molecule has 0 aliphatic heterocycles. The van der Waals surface area contributed by atoms with Crippen molar-refractivity contribution in [3.05, 3.63) is 40.4 Å². The number of halogens is 1. The quantitative estimate of drug-likeness (QED) is 0.673. The van der Waals surface area contributed by atoms with E-state index in [0.717, 1.165) is 22.9 Å². The number of carbonyl (C=O) groups is 1. The van der Waals surface area contributed by atoms with Crippen LogP contribution in [0.3, 0.4) is 0 Å². The Kier molecular flexibility index (Phi) is 4.09. The predicted molar refractivity (Wildman–Crippen MR) is 72.7 cm³/mol. The summed E-state index contributed by atoms with van der Waals surface area (Å²) in [5.74, 6) is 0.199. The lowest BCUT2D eigenvalue weighted by Crippen LogP contribution is -2.18. The molecule has 1 aromatic rings. The molecule has 0 spiro atoms. The minimum Gasteiger partial charge on any atom is -0.273 e. The molecule has 1 aromatic carbocycles. The summed E-state index contributed by atoms with van der Waals surface area (Å²) in [5, 5.41) is 3.89. The van der Waals surface area contributed by atoms with Crippen LogP contribution in [-0.4, -0.2) is 12.1 Å². The Morgan fingerprint density at radius 2 is 2.06 bits per heavy atom. The number of hydrogen-bond acceptors (Lipinski definition) is 2. The number of allylic oxidation sites excluding steroid dienone is 1. The Balaban J connectivity index is 1.87. The lowest BCUT2D eigenvalue weighted by atomic mass is 10.2. The van der Waals surface area contributed by atoms with Gasteiger partial charge in [0, 0.05) is 10.4 Å². The van der Waals surface area contributed by atoms with Gasteiger partial charge in [0.1, 0.15) is 0 Å². The van der Waals surface area contributed by atoms with E-state index < -0.39 is 0 Å². The second kappa shape index (κ2) is 5.77. The summed E-state index contributed by atoms with van der Waals surface area (Å²) < 4.78 is 0.819. The Morgan fingerprint density at radius 3 is 2.71 bits per heavy atom. The zero-order valence-electron chi connectivity index (χ0n) is 9.27. The molecule has 1 amide bonds. The molecule has 3 nitrogen and oxygen atoms in total. The largest absolute Gasteiger partial charge is 0.273 e. The smallest absolute Gasteiger partial charge is 0.243 e. The average Bonchev–Trinajstić information content (AvgIpc) is 3.14. The first kappa shape index (κ1) is 12.0. The minimum absolute atomic E-state index is 0.0151. The molecule has 2 rings (SSSR count). The van der Waals surface area contributed by atoms with Gasteiger partial charge in [-0.1, -0.05) is 30.3 Å². The highest BCUT2D eigenvalue weighted by Crippen LogP contribution is 2.28. The van der Waals surface area contributed by atoms with Gasteiger partial charge in [0.15, 0.2) is 0 Å². The molecule has 4 heteroatoms. The maximum absolute atomic E-state index is 11.3. The van der Waals surface area contributed by atoms with E-state index in [-0.39, 0.29) is 11.8 Å². The van der Waals surface area contributed by atoms with E-state index in [4.69, 9.17) is 0 Å². The summed E-state index contributed by atoms with van der Waals surface area (Å²) in [4.78, 5) is 11.3. The Morgan fingerprint density at radius 1 is 1.35 bits per heavy atom. The highest BCUT2D eigenvalue weighted by molar-refractivity contribution is 9.12. The van der Waals surface area contributed by atoms with Crippen LogP contribution in [0, 0.1) is 5.92 Å². The molecular weight excluding hydrogens is 280 g/mol. The van der Waals surface area contributed by atoms with Crippen molar-refractivity contribution in [2.75, 3.05) is 0 Å². The van der Waals surface area contributed by atoms with Crippen LogP contribution in [0.4, 0.5) is 0 Å². The van der Waals surface area contributed by atoms with Gasteiger partial charge < -0.3 is 0 Å². The first-order valence-electron chi connectivity index (χ1n) is 5.51. The zero-order chi connectivity index (χ0) is 12.1. The summed E-state index contributed by atoms with van der Waals surface area (Å²) in [6, 6.07) is 9.90. The number of rotatable bonds is 4. The first-order valence-corrected chi connectivity index (χ1v) is 6.30. The molecule has 0 saturated heterocycles. The minimum atomic E-state index is 0.0151. The molecule has 1 N–H and O–H groups in total. The monoisotopic (exact) mass is 292 g/mol. The van der Waals surface area contributed by atoms with Crippen LogP contribution in [0.1, 0.15) is 18.4 Å². The van der Waals surface area contributed by atoms with E-state index in [1.54, 1.807) is 6.21 Å². The van der Waals surface area contributed by atoms with Gasteiger partial charge in [-0.15, -0.1) is 0 Å². The van der Waals surface area contributed by atoms with Crippen molar-refractivity contribution in [1.29, 1.82) is 0 Å². The fourth-order valence-corrected chi connectivity index (χ4v) is 1.71. The number of hydrogen-bond donors (Lipinski definition) is 1. The molecule has 1 fully saturated rings. The second-order valence-electron chi connectivity index (χ2n) is 3.95. The van der Waals surface area contributed by atoms with Crippen LogP contribution in [0.15, 0.2) is 39.9 Å². The van der Waals surface area contributed by atoms with Gasteiger partial charge in [0.25, 0.3) is 0 Å². The van der Waals surface area contributed by atoms with E-state index in [2.05, 4.69) is 26.5 Å². The molecule has 0 atom stereocenters. The van der Waals surface area contributed by atoms with Crippen molar-refractivity contribution in [3.8, 4) is 0 Å². The van der Waals surface area contributed by atoms with Crippen LogP contribution in [0.25, 0.3) is 6.08 Å². The number of carbonyl (C=O) groups excluding carboxylic acids is 1. The number of benzene rings is 1. The van der Waals surface area contributed by atoms with Gasteiger partial charge in [-0.2, -0.15) is 5.10 Å². The van der Waals surface area contributed by atoms with E-state index in [1.165, 1.54) is 0 Å². The highest BCUT2D eigenvalue weighted by Gasteiger charge is 2.29. The maximum Gasteiger partial charge on any atom is 0.243 e. The summed E-state index contributed by atoms with van der Waals surface area (Å²) in [7, 11) is 0. The predicted octanol–water partition coefficient (Wildman–Crippen LogP) is 2.93. The average molecular weight is 293 g/mol. The summed E-state index contributed by atoms with van der Waals surface area (Å²) in [6.07, 6.45) is 5.50. The molecule has 0 radical (unpaired) electrons. The Labute approximate surface area is 109 Å². The van der Waals surface area contributed by atoms with Crippen molar-refractivity contribution in [2.24, 2.45) is 11.0 Å². The third kappa shape index (κ3) is 4.15. The van der Waals surface area contributed by atoms with Gasteiger partial charge in [-0.25, -0.2) is 5.43 Å². The summed E-state index contributed by atoms with van der Waals surface area (Å²) >= 11 is 3.38. The molecule has 17 heavy (non-hydrogen) atoms. The number of amides is 1. The number of nitrogens with one attached hydrogen (secondary N) is 1. The van der Waals surface area contributed by atoms with Crippen molar-refractivity contribution < 1.29 is 4.79 Å². The molecule has 1 aliphatic carbocycles. The molecule has 0 unspecified atom stereocenters. The molecule has 0 heterocycles. The van der Waals surface area contributed by atoms with Crippen molar-refractivity contribution >= 4 is 34.1 Å². The molecule has 88 valence electrons. The highest BCUT2D eigenvalue weighted by atomic mass is 79.9. The van der Waals surface area contributed by atoms with Crippen LogP contribution in [-0.2, 0) is 4.79 Å². The second-order valence-corrected chi connectivity index (χ2v) is 4.86. The molecule has 0 bridgehead atoms. The molecule has 1 aliphatic rings. The molecular formula is C13H13BrN2O. The first-order chi connectivity index (χ1) is 8.25. The summed E-state index contributed by atoms with van der Waals surface area (Å²) in [6.45, 7) is 0. The van der Waals surface area contributed by atoms with Gasteiger partial charge in [-0.05, 0) is 40.4 Å². The lowest BCUT2D eigenvalue weighted by molar-refractivity contribution is -0.122. The van der Waals surface area contributed by atoms with Crippen LogP contribution >= 0.6 is 15.9 Å². The van der Waals surface area contributed by atoms with E-state index in [1.807, 2.05) is 36.4 Å². The number of hydrazone groups is 1. The SMILES string of the molecule is O=C(N/N=C/C(Br)=C/c1ccccc1)C1CC1.